The number of anilines is 5. The van der Waals surface area contributed by atoms with Crippen LogP contribution in [0.5, 0.6) is 5.75 Å². The molecule has 5 aliphatic rings. The van der Waals surface area contributed by atoms with Crippen LogP contribution in [0.3, 0.4) is 0 Å². The minimum atomic E-state index is -3.13. The van der Waals surface area contributed by atoms with E-state index >= 15 is 8.78 Å². The summed E-state index contributed by atoms with van der Waals surface area (Å²) in [4.78, 5) is 49.3. The van der Waals surface area contributed by atoms with Crippen LogP contribution in [0.4, 0.5) is 37.6 Å². The molecule has 10 rings (SSSR count). The SMILES string of the molecule is Cn1nc(C2CCC(=O)NC2=O)c2ccc(NC3CCC4CN(c5ncc(Cl)c(Nc6ccc7c(c6)c6c(c(=O)n7C)OCC(F)(F)C(C7CC7)N6)n5)CC4C3)cc21. The minimum Gasteiger partial charge on any atom is -0.480 e. The van der Waals surface area contributed by atoms with Gasteiger partial charge in [-0.15, -0.1) is 0 Å². The summed E-state index contributed by atoms with van der Waals surface area (Å²) < 4.78 is 39.1. The zero-order valence-electron chi connectivity index (χ0n) is 32.0. The highest BCUT2D eigenvalue weighted by Crippen LogP contribution is 2.46. The van der Waals surface area contributed by atoms with Crippen LogP contribution >= 0.6 is 11.6 Å². The average Bonchev–Trinajstić information content (AvgIpc) is 3.89. The number of nitrogens with one attached hydrogen (secondary N) is 4. The first-order valence-electron chi connectivity index (χ1n) is 20.0. The molecule has 4 fully saturated rings. The maximum absolute atomic E-state index is 15.2. The van der Waals surface area contributed by atoms with Crippen molar-refractivity contribution in [2.75, 3.05) is 40.5 Å². The first-order valence-corrected chi connectivity index (χ1v) is 20.3. The quantitative estimate of drug-likeness (QED) is 0.141. The highest BCUT2D eigenvalue weighted by atomic mass is 35.5. The van der Waals surface area contributed by atoms with E-state index in [1.165, 1.54) is 4.57 Å². The van der Waals surface area contributed by atoms with Crippen LogP contribution in [-0.2, 0) is 23.7 Å². The monoisotopic (exact) mass is 812 g/mol. The summed E-state index contributed by atoms with van der Waals surface area (Å²) >= 11 is 6.65. The summed E-state index contributed by atoms with van der Waals surface area (Å²) in [5.74, 6) is -2.50. The largest absolute Gasteiger partial charge is 0.480 e. The number of aryl methyl sites for hydroxylation is 2. The van der Waals surface area contributed by atoms with Crippen molar-refractivity contribution in [1.82, 2.24) is 29.6 Å². The first kappa shape index (κ1) is 36.8. The van der Waals surface area contributed by atoms with Gasteiger partial charge in [0.2, 0.25) is 23.5 Å². The summed E-state index contributed by atoms with van der Waals surface area (Å²) in [6.45, 7) is 0.770. The standard InChI is InChI=1S/C41H43ClF2N10O4/c1-52-30-11-8-24(14-28(30)34-35(39(52)57)58-19-41(43,44)36(49-34)20-3-4-20)47-37-29(42)16-45-40(50-37)54-17-21-5-6-23(13-22(21)18-54)46-25-7-9-26-31(15-25)53(2)51-33(26)27-10-12-32(55)48-38(27)56/h7-9,11,14-16,20-23,27,36,46,49H,3-6,10,12-13,17-19H2,1-2H3,(H,45,47,50)(H,48,55,56). The Kier molecular flexibility index (Phi) is 8.76. The number of ether oxygens (including phenoxy) is 1. The Balaban J connectivity index is 0.841. The van der Waals surface area contributed by atoms with E-state index in [-0.39, 0.29) is 35.2 Å². The third-order valence-electron chi connectivity index (χ3n) is 12.8. The van der Waals surface area contributed by atoms with Crippen molar-refractivity contribution in [2.45, 2.75) is 68.9 Å². The number of alkyl halides is 2. The number of carbonyl (C=O) groups excluding carboxylic acids is 2. The molecule has 302 valence electrons. The predicted molar refractivity (Wildman–Crippen MR) is 216 cm³/mol. The fourth-order valence-corrected chi connectivity index (χ4v) is 9.71. The Bertz CT molecular complexity index is 2580. The van der Waals surface area contributed by atoms with Crippen LogP contribution in [0.25, 0.3) is 21.8 Å². The number of amides is 2. The maximum atomic E-state index is 15.2. The van der Waals surface area contributed by atoms with E-state index in [1.807, 2.05) is 19.2 Å². The lowest BCUT2D eigenvalue weighted by atomic mass is 9.79. The van der Waals surface area contributed by atoms with Crippen molar-refractivity contribution in [3.05, 3.63) is 63.7 Å². The van der Waals surface area contributed by atoms with Gasteiger partial charge in [0.25, 0.3) is 5.56 Å². The highest BCUT2D eigenvalue weighted by molar-refractivity contribution is 6.33. The molecule has 17 heteroatoms. The molecular formula is C41H43ClF2N10O4. The topological polar surface area (TPSA) is 160 Å². The van der Waals surface area contributed by atoms with Gasteiger partial charge in [-0.1, -0.05) is 11.6 Å². The van der Waals surface area contributed by atoms with Gasteiger partial charge in [-0.05, 0) is 92.7 Å². The molecule has 2 aliphatic carbocycles. The molecule has 6 heterocycles. The Morgan fingerprint density at radius 3 is 2.53 bits per heavy atom. The molecule has 5 atom stereocenters. The molecule has 2 saturated carbocycles. The number of fused-ring (bicyclic) bond motifs is 5. The molecule has 4 N–H and O–H groups in total. The van der Waals surface area contributed by atoms with Gasteiger partial charge in [-0.25, -0.2) is 13.8 Å². The van der Waals surface area contributed by atoms with Crippen LogP contribution < -0.4 is 36.5 Å². The number of hydrogen-bond acceptors (Lipinski definition) is 11. The van der Waals surface area contributed by atoms with Crippen molar-refractivity contribution in [3.63, 3.8) is 0 Å². The van der Waals surface area contributed by atoms with Crippen LogP contribution in [0.1, 0.15) is 56.6 Å². The Morgan fingerprint density at radius 1 is 0.931 bits per heavy atom. The number of nitrogens with zero attached hydrogens (tertiary/aromatic N) is 6. The molecule has 2 aromatic carbocycles. The Labute approximate surface area is 336 Å². The number of carbonyl (C=O) groups is 2. The number of piperidine rings is 1. The second kappa shape index (κ2) is 13.8. The normalized spacial score (nSPS) is 25.4. The maximum Gasteiger partial charge on any atom is 0.301 e. The third-order valence-corrected chi connectivity index (χ3v) is 13.0. The predicted octanol–water partition coefficient (Wildman–Crippen LogP) is 6.07. The second-order valence-corrected chi connectivity index (χ2v) is 17.0. The molecular weight excluding hydrogens is 770 g/mol. The Hall–Kier alpha value is -5.51. The van der Waals surface area contributed by atoms with Gasteiger partial charge >= 0.3 is 5.92 Å². The van der Waals surface area contributed by atoms with E-state index in [2.05, 4.69) is 42.3 Å². The molecule has 5 aromatic rings. The van der Waals surface area contributed by atoms with Crippen molar-refractivity contribution in [1.29, 1.82) is 0 Å². The molecule has 14 nitrogen and oxygen atoms in total. The summed E-state index contributed by atoms with van der Waals surface area (Å²) in [7, 11) is 3.48. The van der Waals surface area contributed by atoms with Crippen molar-refractivity contribution in [2.24, 2.45) is 31.8 Å². The van der Waals surface area contributed by atoms with Gasteiger partial charge in [0, 0.05) is 61.8 Å². The van der Waals surface area contributed by atoms with Crippen molar-refractivity contribution >= 4 is 74.0 Å². The van der Waals surface area contributed by atoms with Gasteiger partial charge in [0.1, 0.15) is 5.02 Å². The lowest BCUT2D eigenvalue weighted by molar-refractivity contribution is -0.134. The molecule has 2 saturated heterocycles. The summed E-state index contributed by atoms with van der Waals surface area (Å²) in [5.41, 5.74) is 3.60. The van der Waals surface area contributed by atoms with Gasteiger partial charge in [0.05, 0.1) is 40.6 Å². The molecule has 5 unspecified atom stereocenters. The van der Waals surface area contributed by atoms with Crippen molar-refractivity contribution in [3.8, 4) is 5.75 Å². The first-order chi connectivity index (χ1) is 27.9. The number of halogens is 3. The van der Waals surface area contributed by atoms with E-state index in [1.54, 1.807) is 36.1 Å². The zero-order chi connectivity index (χ0) is 40.0. The number of hydrogen-bond donors (Lipinski definition) is 4. The fraction of sp³-hybridized carbons (Fsp3) is 0.463. The van der Waals surface area contributed by atoms with E-state index in [4.69, 9.17) is 21.3 Å². The van der Waals surface area contributed by atoms with E-state index < -0.39 is 30.0 Å². The van der Waals surface area contributed by atoms with Gasteiger partial charge < -0.3 is 30.2 Å². The summed E-state index contributed by atoms with van der Waals surface area (Å²) in [5, 5.41) is 19.1. The van der Waals surface area contributed by atoms with Crippen LogP contribution in [-0.4, -0.2) is 73.8 Å². The Morgan fingerprint density at radius 2 is 1.72 bits per heavy atom. The summed E-state index contributed by atoms with van der Waals surface area (Å²) in [6.07, 6.45) is 6.81. The molecule has 58 heavy (non-hydrogen) atoms. The summed E-state index contributed by atoms with van der Waals surface area (Å²) in [6, 6.07) is 10.7. The van der Waals surface area contributed by atoms with Gasteiger partial charge in [0.15, 0.2) is 12.4 Å². The number of rotatable bonds is 7. The molecule has 0 bridgehead atoms. The highest BCUT2D eigenvalue weighted by Gasteiger charge is 2.51. The molecule has 0 spiro atoms. The number of pyridine rings is 1. The molecule has 0 radical (unpaired) electrons. The molecule has 3 aromatic heterocycles. The molecule has 3 aliphatic heterocycles. The van der Waals surface area contributed by atoms with Crippen LogP contribution in [0.2, 0.25) is 5.02 Å². The van der Waals surface area contributed by atoms with Crippen LogP contribution in [0.15, 0.2) is 47.4 Å². The zero-order valence-corrected chi connectivity index (χ0v) is 32.8. The lowest BCUT2D eigenvalue weighted by Gasteiger charge is -2.32. The lowest BCUT2D eigenvalue weighted by Crippen LogP contribution is -2.44. The fourth-order valence-electron chi connectivity index (χ4n) is 9.57. The van der Waals surface area contributed by atoms with Crippen LogP contribution in [0, 0.1) is 17.8 Å². The average molecular weight is 813 g/mol. The number of benzene rings is 2. The number of aromatic nitrogens is 5. The van der Waals surface area contributed by atoms with Crippen molar-refractivity contribution < 1.29 is 23.1 Å². The van der Waals surface area contributed by atoms with E-state index in [9.17, 15) is 14.4 Å². The van der Waals surface area contributed by atoms with E-state index in [0.717, 1.165) is 48.9 Å². The second-order valence-electron chi connectivity index (χ2n) is 16.6. The van der Waals surface area contributed by atoms with E-state index in [0.29, 0.717) is 76.6 Å². The third kappa shape index (κ3) is 6.45. The minimum absolute atomic E-state index is 0.111. The van der Waals surface area contributed by atoms with Gasteiger partial charge in [-0.3, -0.25) is 24.4 Å². The number of imide groups is 1. The smallest absolute Gasteiger partial charge is 0.301 e. The molecule has 2 amide bonds. The van der Waals surface area contributed by atoms with Gasteiger partial charge in [-0.2, -0.15) is 10.1 Å².